The second-order valence-corrected chi connectivity index (χ2v) is 6.71. The lowest BCUT2D eigenvalue weighted by molar-refractivity contribution is -0.278. The summed E-state index contributed by atoms with van der Waals surface area (Å²) in [6.45, 7) is 2.99. The van der Waals surface area contributed by atoms with Crippen LogP contribution in [0.15, 0.2) is 27.4 Å². The molecule has 1 saturated heterocycles. The summed E-state index contributed by atoms with van der Waals surface area (Å²) in [6.07, 6.45) is -7.98. The molecule has 5 atom stereocenters. The maximum absolute atomic E-state index is 12.3. The van der Waals surface area contributed by atoms with E-state index in [0.717, 1.165) is 0 Å². The largest absolute Gasteiger partial charge is 0.504 e. The summed E-state index contributed by atoms with van der Waals surface area (Å²) in [5.74, 6) is -0.763. The monoisotopic (exact) mass is 398 g/mol. The van der Waals surface area contributed by atoms with Gasteiger partial charge in [-0.05, 0) is 26.0 Å². The van der Waals surface area contributed by atoms with E-state index in [-0.39, 0.29) is 17.1 Å². The van der Waals surface area contributed by atoms with Crippen LogP contribution in [0.1, 0.15) is 13.8 Å². The second kappa shape index (κ2) is 7.94. The normalized spacial score (nSPS) is 27.9. The summed E-state index contributed by atoms with van der Waals surface area (Å²) in [5, 5.41) is 49.4. The molecule has 10 nitrogen and oxygen atoms in total. The van der Waals surface area contributed by atoms with Crippen LogP contribution in [0.2, 0.25) is 0 Å². The fraction of sp³-hybridized carbons (Fsp3) is 0.500. The molecule has 0 unspecified atom stereocenters. The van der Waals surface area contributed by atoms with Gasteiger partial charge in [-0.3, -0.25) is 0 Å². The van der Waals surface area contributed by atoms with Crippen LogP contribution in [-0.2, 0) is 4.74 Å². The number of aliphatic hydroxyl groups excluding tert-OH is 4. The summed E-state index contributed by atoms with van der Waals surface area (Å²) in [5.41, 5.74) is -0.995. The highest BCUT2D eigenvalue weighted by Gasteiger charge is 2.45. The topological polar surface area (TPSA) is 159 Å². The van der Waals surface area contributed by atoms with Crippen LogP contribution in [0.3, 0.4) is 0 Å². The van der Waals surface area contributed by atoms with Gasteiger partial charge in [0.2, 0.25) is 6.29 Å². The maximum atomic E-state index is 12.3. The molecule has 28 heavy (non-hydrogen) atoms. The Morgan fingerprint density at radius 2 is 1.86 bits per heavy atom. The van der Waals surface area contributed by atoms with Gasteiger partial charge in [-0.1, -0.05) is 0 Å². The number of aromatic hydroxyl groups is 1. The molecule has 1 fully saturated rings. The molecule has 0 bridgehead atoms. The number of fused-ring (bicyclic) bond motifs is 1. The van der Waals surface area contributed by atoms with Gasteiger partial charge in [0.05, 0.1) is 18.1 Å². The highest BCUT2D eigenvalue weighted by atomic mass is 16.7. The van der Waals surface area contributed by atoms with Crippen molar-refractivity contribution < 1.29 is 44.2 Å². The number of rotatable bonds is 5. The summed E-state index contributed by atoms with van der Waals surface area (Å²) >= 11 is 0. The van der Waals surface area contributed by atoms with Crippen molar-refractivity contribution in [3.8, 4) is 17.2 Å². The molecule has 0 saturated carbocycles. The van der Waals surface area contributed by atoms with Gasteiger partial charge >= 0.3 is 5.63 Å². The Kier molecular flexibility index (Phi) is 5.77. The Morgan fingerprint density at radius 3 is 2.50 bits per heavy atom. The van der Waals surface area contributed by atoms with E-state index in [2.05, 4.69) is 0 Å². The third-order valence-corrected chi connectivity index (χ3v) is 4.27. The lowest BCUT2D eigenvalue weighted by Crippen LogP contribution is -2.60. The summed E-state index contributed by atoms with van der Waals surface area (Å²) < 4.78 is 21.1. The molecular formula is C18H22O10. The predicted octanol–water partition coefficient (Wildman–Crippen LogP) is -0.536. The molecule has 2 aromatic rings. The first-order chi connectivity index (χ1) is 13.2. The second-order valence-electron chi connectivity index (χ2n) is 6.71. The highest BCUT2D eigenvalue weighted by Crippen LogP contribution is 2.35. The first-order valence-electron chi connectivity index (χ1n) is 8.66. The van der Waals surface area contributed by atoms with E-state index in [1.165, 1.54) is 12.1 Å². The molecular weight excluding hydrogens is 376 g/mol. The fourth-order valence-electron chi connectivity index (χ4n) is 2.88. The van der Waals surface area contributed by atoms with E-state index in [1.54, 1.807) is 6.07 Å². The average molecular weight is 398 g/mol. The zero-order valence-electron chi connectivity index (χ0n) is 15.2. The van der Waals surface area contributed by atoms with E-state index < -0.39 is 54.4 Å². The van der Waals surface area contributed by atoms with E-state index >= 15 is 0 Å². The van der Waals surface area contributed by atoms with Crippen LogP contribution in [0.4, 0.5) is 0 Å². The Morgan fingerprint density at radius 1 is 1.14 bits per heavy atom. The lowest BCUT2D eigenvalue weighted by Gasteiger charge is -2.39. The van der Waals surface area contributed by atoms with Crippen LogP contribution in [-0.4, -0.2) is 68.9 Å². The van der Waals surface area contributed by atoms with Crippen molar-refractivity contribution in [3.05, 3.63) is 28.6 Å². The average Bonchev–Trinajstić information content (AvgIpc) is 2.64. The molecule has 154 valence electrons. The van der Waals surface area contributed by atoms with Crippen molar-refractivity contribution in [2.45, 2.75) is 50.7 Å². The third kappa shape index (κ3) is 3.77. The quantitative estimate of drug-likeness (QED) is 0.414. The number of benzene rings is 1. The Balaban J connectivity index is 1.94. The van der Waals surface area contributed by atoms with Crippen LogP contribution in [0, 0.1) is 0 Å². The Bertz CT molecular complexity index is 890. The fourth-order valence-corrected chi connectivity index (χ4v) is 2.88. The van der Waals surface area contributed by atoms with Crippen molar-refractivity contribution in [1.82, 2.24) is 0 Å². The van der Waals surface area contributed by atoms with Crippen molar-refractivity contribution in [2.24, 2.45) is 0 Å². The molecule has 0 amide bonds. The minimum atomic E-state index is -1.74. The molecule has 10 heteroatoms. The predicted molar refractivity (Wildman–Crippen MR) is 94.3 cm³/mol. The van der Waals surface area contributed by atoms with Crippen LogP contribution in [0.5, 0.6) is 17.2 Å². The molecule has 2 heterocycles. The lowest BCUT2D eigenvalue weighted by atomic mass is 9.99. The third-order valence-electron chi connectivity index (χ3n) is 4.27. The van der Waals surface area contributed by atoms with Crippen molar-refractivity contribution >= 4 is 11.0 Å². The number of hydrogen-bond donors (Lipinski definition) is 5. The van der Waals surface area contributed by atoms with E-state index in [9.17, 15) is 30.3 Å². The SMILES string of the molecule is CC(C)Oc1ccc2c(O)c(O[C@@H]3O[C@H](CO)[C@@H](O)[C@H](O)[C@H]3O)c(=O)oc2c1. The van der Waals surface area contributed by atoms with Crippen LogP contribution in [0.25, 0.3) is 11.0 Å². The van der Waals surface area contributed by atoms with Gasteiger partial charge in [-0.25, -0.2) is 4.79 Å². The first kappa shape index (κ1) is 20.4. The molecule has 1 aliphatic rings. The van der Waals surface area contributed by atoms with Gasteiger partial charge in [0.1, 0.15) is 35.7 Å². The van der Waals surface area contributed by atoms with Gasteiger partial charge < -0.3 is 44.2 Å². The molecule has 3 rings (SSSR count). The number of aliphatic hydroxyl groups is 4. The van der Waals surface area contributed by atoms with Crippen LogP contribution >= 0.6 is 0 Å². The zero-order chi connectivity index (χ0) is 20.6. The van der Waals surface area contributed by atoms with E-state index in [4.69, 9.17) is 18.6 Å². The molecule has 0 aliphatic carbocycles. The molecule has 0 radical (unpaired) electrons. The number of hydrogen-bond acceptors (Lipinski definition) is 10. The van der Waals surface area contributed by atoms with Gasteiger partial charge in [0, 0.05) is 6.07 Å². The van der Waals surface area contributed by atoms with Crippen LogP contribution < -0.4 is 15.1 Å². The van der Waals surface area contributed by atoms with Gasteiger partial charge in [0.15, 0.2) is 5.75 Å². The smallest absolute Gasteiger partial charge is 0.383 e. The molecule has 1 aromatic carbocycles. The first-order valence-corrected chi connectivity index (χ1v) is 8.66. The molecule has 5 N–H and O–H groups in total. The van der Waals surface area contributed by atoms with E-state index in [0.29, 0.717) is 5.75 Å². The standard InChI is InChI=1S/C18H22O10/c1-7(2)25-8-3-4-9-10(5-8)26-17(24)16(12(9)20)28-18-15(23)14(22)13(21)11(6-19)27-18/h3-5,7,11,13-15,18-23H,6H2,1-2H3/t11-,13-,14+,15-,18+/m1/s1. The van der Waals surface area contributed by atoms with Gasteiger partial charge in [-0.2, -0.15) is 0 Å². The summed E-state index contributed by atoms with van der Waals surface area (Å²) in [7, 11) is 0. The number of ether oxygens (including phenoxy) is 3. The zero-order valence-corrected chi connectivity index (χ0v) is 15.2. The van der Waals surface area contributed by atoms with Crippen molar-refractivity contribution in [3.63, 3.8) is 0 Å². The Hall–Kier alpha value is -2.37. The Labute approximate surface area is 159 Å². The highest BCUT2D eigenvalue weighted by molar-refractivity contribution is 5.86. The molecule has 1 aliphatic heterocycles. The summed E-state index contributed by atoms with van der Waals surface area (Å²) in [4.78, 5) is 12.3. The van der Waals surface area contributed by atoms with Crippen molar-refractivity contribution in [2.75, 3.05) is 6.61 Å². The van der Waals surface area contributed by atoms with Gasteiger partial charge in [-0.15, -0.1) is 0 Å². The van der Waals surface area contributed by atoms with Crippen molar-refractivity contribution in [1.29, 1.82) is 0 Å². The minimum absolute atomic E-state index is 0.0572. The minimum Gasteiger partial charge on any atom is -0.504 e. The van der Waals surface area contributed by atoms with E-state index in [1.807, 2.05) is 13.8 Å². The van der Waals surface area contributed by atoms with Gasteiger partial charge in [0.25, 0.3) is 5.75 Å². The maximum Gasteiger partial charge on any atom is 0.383 e. The molecule has 0 spiro atoms. The summed E-state index contributed by atoms with van der Waals surface area (Å²) in [6, 6.07) is 4.47. The molecule has 1 aromatic heterocycles.